The molecule has 1 N–H and O–H groups in total. The maximum atomic E-state index is 12.1. The molecule has 102 valence electrons. The molecule has 0 radical (unpaired) electrons. The molecule has 4 nitrogen and oxygen atoms in total. The Hall–Kier alpha value is -1.36. The first-order chi connectivity index (χ1) is 9.10. The van der Waals surface area contributed by atoms with Gasteiger partial charge in [0.25, 0.3) is 5.91 Å². The van der Waals surface area contributed by atoms with Crippen LogP contribution in [0.15, 0.2) is 28.7 Å². The van der Waals surface area contributed by atoms with Crippen molar-refractivity contribution in [3.8, 4) is 0 Å². The number of benzene rings is 1. The Bertz CT molecular complexity index is 485. The van der Waals surface area contributed by atoms with Crippen LogP contribution in [0, 0.1) is 5.92 Å². The first-order valence-corrected chi connectivity index (χ1v) is 7.03. The Morgan fingerprint density at radius 3 is 2.79 bits per heavy atom. The summed E-state index contributed by atoms with van der Waals surface area (Å²) in [5.74, 6) is -0.0977. The van der Waals surface area contributed by atoms with Crippen molar-refractivity contribution in [2.45, 2.75) is 25.3 Å². The number of carbonyl (C=O) groups excluding carboxylic acids is 2. The molecule has 0 bridgehead atoms. The first kappa shape index (κ1) is 14.1. The minimum absolute atomic E-state index is 0.252. The molecule has 0 heterocycles. The zero-order valence-electron chi connectivity index (χ0n) is 10.7. The van der Waals surface area contributed by atoms with Gasteiger partial charge in [-0.3, -0.25) is 4.79 Å². The highest BCUT2D eigenvalue weighted by Gasteiger charge is 2.31. The van der Waals surface area contributed by atoms with Gasteiger partial charge >= 0.3 is 5.97 Å². The lowest BCUT2D eigenvalue weighted by molar-refractivity contribution is -0.143. The van der Waals surface area contributed by atoms with Crippen molar-refractivity contribution in [3.05, 3.63) is 34.3 Å². The van der Waals surface area contributed by atoms with Crippen molar-refractivity contribution in [2.75, 3.05) is 7.11 Å². The molecule has 0 aromatic heterocycles. The van der Waals surface area contributed by atoms with Crippen molar-refractivity contribution in [3.63, 3.8) is 0 Å². The molecule has 1 aliphatic rings. The third kappa shape index (κ3) is 4.06. The number of carbonyl (C=O) groups is 2. The summed E-state index contributed by atoms with van der Waals surface area (Å²) in [5, 5.41) is 2.75. The summed E-state index contributed by atoms with van der Waals surface area (Å²) in [6.07, 6.45) is 2.91. The van der Waals surface area contributed by atoms with E-state index in [9.17, 15) is 9.59 Å². The van der Waals surface area contributed by atoms with Gasteiger partial charge in [0.15, 0.2) is 0 Å². The van der Waals surface area contributed by atoms with Gasteiger partial charge in [0.05, 0.1) is 7.11 Å². The van der Waals surface area contributed by atoms with Gasteiger partial charge in [0.2, 0.25) is 0 Å². The van der Waals surface area contributed by atoms with E-state index in [1.165, 1.54) is 7.11 Å². The van der Waals surface area contributed by atoms with E-state index in [0.717, 1.165) is 17.3 Å². The summed E-state index contributed by atoms with van der Waals surface area (Å²) in [4.78, 5) is 23.8. The minimum Gasteiger partial charge on any atom is -0.467 e. The Morgan fingerprint density at radius 2 is 2.21 bits per heavy atom. The largest absolute Gasteiger partial charge is 0.467 e. The quantitative estimate of drug-likeness (QED) is 0.846. The molecular formula is C14H16BrNO3. The van der Waals surface area contributed by atoms with Crippen molar-refractivity contribution in [2.24, 2.45) is 5.92 Å². The second-order valence-electron chi connectivity index (χ2n) is 4.74. The van der Waals surface area contributed by atoms with E-state index in [1.807, 2.05) is 6.07 Å². The molecule has 0 spiro atoms. The monoisotopic (exact) mass is 325 g/mol. The highest BCUT2D eigenvalue weighted by Crippen LogP contribution is 2.33. The predicted octanol–water partition coefficient (Wildman–Crippen LogP) is 2.52. The number of amides is 1. The number of ether oxygens (including phenoxy) is 1. The van der Waals surface area contributed by atoms with Crippen LogP contribution in [-0.2, 0) is 9.53 Å². The van der Waals surface area contributed by atoms with E-state index in [4.69, 9.17) is 4.74 Å². The molecular weight excluding hydrogens is 310 g/mol. The topological polar surface area (TPSA) is 55.4 Å². The Kier molecular flexibility index (Phi) is 4.58. The van der Waals surface area contributed by atoms with Gasteiger partial charge < -0.3 is 10.1 Å². The molecule has 1 saturated carbocycles. The average molecular weight is 326 g/mol. The van der Waals surface area contributed by atoms with Crippen LogP contribution in [0.3, 0.4) is 0 Å². The normalized spacial score (nSPS) is 15.7. The molecule has 1 fully saturated rings. The van der Waals surface area contributed by atoms with Crippen LogP contribution in [0.5, 0.6) is 0 Å². The molecule has 1 aromatic rings. The first-order valence-electron chi connectivity index (χ1n) is 6.24. The number of nitrogens with one attached hydrogen (secondary N) is 1. The fourth-order valence-electron chi connectivity index (χ4n) is 1.91. The van der Waals surface area contributed by atoms with Gasteiger partial charge in [0, 0.05) is 10.0 Å². The zero-order valence-corrected chi connectivity index (χ0v) is 12.3. The summed E-state index contributed by atoms with van der Waals surface area (Å²) in [6.45, 7) is 0. The van der Waals surface area contributed by atoms with E-state index < -0.39 is 6.04 Å². The van der Waals surface area contributed by atoms with E-state index >= 15 is 0 Å². The molecule has 1 aromatic carbocycles. The van der Waals surface area contributed by atoms with Crippen LogP contribution >= 0.6 is 15.9 Å². The fourth-order valence-corrected chi connectivity index (χ4v) is 2.31. The fraction of sp³-hybridized carbons (Fsp3) is 0.429. The highest BCUT2D eigenvalue weighted by atomic mass is 79.9. The van der Waals surface area contributed by atoms with E-state index in [-0.39, 0.29) is 11.9 Å². The summed E-state index contributed by atoms with van der Waals surface area (Å²) in [5.41, 5.74) is 0.527. The third-order valence-corrected chi connectivity index (χ3v) is 3.64. The van der Waals surface area contributed by atoms with Crippen LogP contribution in [0.25, 0.3) is 0 Å². The number of hydrogen-bond acceptors (Lipinski definition) is 3. The summed E-state index contributed by atoms with van der Waals surface area (Å²) >= 11 is 3.32. The highest BCUT2D eigenvalue weighted by molar-refractivity contribution is 9.10. The van der Waals surface area contributed by atoms with Gasteiger partial charge in [-0.05, 0) is 30.5 Å². The molecule has 1 atom stereocenters. The van der Waals surface area contributed by atoms with Crippen molar-refractivity contribution in [1.29, 1.82) is 0 Å². The summed E-state index contributed by atoms with van der Waals surface area (Å²) in [7, 11) is 1.34. The number of methoxy groups -OCH3 is 1. The standard InChI is InChI=1S/C14H16BrNO3/c1-19-14(18)12(7-9-5-6-9)16-13(17)10-3-2-4-11(15)8-10/h2-4,8-9,12H,5-7H2,1H3,(H,16,17)/t12-/m0/s1. The maximum Gasteiger partial charge on any atom is 0.328 e. The SMILES string of the molecule is COC(=O)[C@H](CC1CC1)NC(=O)c1cccc(Br)c1. The van der Waals surface area contributed by atoms with Crippen LogP contribution in [0.2, 0.25) is 0 Å². The smallest absolute Gasteiger partial charge is 0.328 e. The summed E-state index contributed by atoms with van der Waals surface area (Å²) < 4.78 is 5.57. The van der Waals surface area contributed by atoms with Crippen molar-refractivity contribution >= 4 is 27.8 Å². The molecule has 1 amide bonds. The van der Waals surface area contributed by atoms with Crippen LogP contribution < -0.4 is 5.32 Å². The Labute approximate surface area is 120 Å². The molecule has 19 heavy (non-hydrogen) atoms. The van der Waals surface area contributed by atoms with Gasteiger partial charge in [0.1, 0.15) is 6.04 Å². The second kappa shape index (κ2) is 6.19. The van der Waals surface area contributed by atoms with Gasteiger partial charge in [-0.15, -0.1) is 0 Å². The van der Waals surface area contributed by atoms with E-state index in [1.54, 1.807) is 18.2 Å². The third-order valence-electron chi connectivity index (χ3n) is 3.14. The number of rotatable bonds is 5. The molecule has 1 aliphatic carbocycles. The lowest BCUT2D eigenvalue weighted by Crippen LogP contribution is -2.41. The van der Waals surface area contributed by atoms with Crippen LogP contribution in [0.4, 0.5) is 0 Å². The zero-order chi connectivity index (χ0) is 13.8. The van der Waals surface area contributed by atoms with Crippen LogP contribution in [-0.4, -0.2) is 25.0 Å². The molecule has 2 rings (SSSR count). The van der Waals surface area contributed by atoms with Crippen molar-refractivity contribution in [1.82, 2.24) is 5.32 Å². The number of halogens is 1. The number of esters is 1. The maximum absolute atomic E-state index is 12.1. The molecule has 0 aliphatic heterocycles. The minimum atomic E-state index is -0.552. The van der Waals surface area contributed by atoms with Gasteiger partial charge in [-0.1, -0.05) is 34.8 Å². The average Bonchev–Trinajstić information content (AvgIpc) is 3.21. The number of hydrogen-bond donors (Lipinski definition) is 1. The van der Waals surface area contributed by atoms with Crippen molar-refractivity contribution < 1.29 is 14.3 Å². The van der Waals surface area contributed by atoms with Gasteiger partial charge in [-0.2, -0.15) is 0 Å². The Balaban J connectivity index is 2.03. The van der Waals surface area contributed by atoms with E-state index in [0.29, 0.717) is 17.9 Å². The van der Waals surface area contributed by atoms with Crippen LogP contribution in [0.1, 0.15) is 29.6 Å². The Morgan fingerprint density at radius 1 is 1.47 bits per heavy atom. The lowest BCUT2D eigenvalue weighted by Gasteiger charge is -2.16. The summed E-state index contributed by atoms with van der Waals surface area (Å²) in [6, 6.07) is 6.52. The second-order valence-corrected chi connectivity index (χ2v) is 5.65. The predicted molar refractivity (Wildman–Crippen MR) is 74.8 cm³/mol. The van der Waals surface area contributed by atoms with Gasteiger partial charge in [-0.25, -0.2) is 4.79 Å². The molecule has 0 unspecified atom stereocenters. The molecule has 0 saturated heterocycles. The van der Waals surface area contributed by atoms with E-state index in [2.05, 4.69) is 21.2 Å². The molecule has 5 heteroatoms. The lowest BCUT2D eigenvalue weighted by atomic mass is 10.1.